The number of aromatic nitrogens is 1. The Labute approximate surface area is 100 Å². The van der Waals surface area contributed by atoms with Gasteiger partial charge in [-0.25, -0.2) is 4.98 Å². The Bertz CT molecular complexity index is 397. The monoisotopic (exact) mass is 241 g/mol. The minimum Gasteiger partial charge on any atom is -0.372 e. The molecular weight excluding hydrogens is 226 g/mol. The molecule has 0 aromatic carbocycles. The molecule has 0 saturated carbocycles. The highest BCUT2D eigenvalue weighted by Gasteiger charge is 2.32. The molecule has 5 heteroatoms. The van der Waals surface area contributed by atoms with E-state index in [0.29, 0.717) is 5.15 Å². The number of halogens is 1. The van der Waals surface area contributed by atoms with Gasteiger partial charge in [0, 0.05) is 6.04 Å². The Kier molecular flexibility index (Phi) is 2.95. The normalized spacial score (nSPS) is 24.2. The lowest BCUT2D eigenvalue weighted by molar-refractivity contribution is 0.166. The first-order valence-electron chi connectivity index (χ1n) is 5.40. The minimum absolute atomic E-state index is 0.0292. The second-order valence-corrected chi connectivity index (χ2v) is 4.72. The van der Waals surface area contributed by atoms with Crippen LogP contribution in [0.15, 0.2) is 12.1 Å². The number of anilines is 2. The van der Waals surface area contributed by atoms with E-state index < -0.39 is 6.23 Å². The van der Waals surface area contributed by atoms with Crippen LogP contribution in [0.25, 0.3) is 0 Å². The maximum atomic E-state index is 9.90. The molecule has 2 rings (SSSR count). The number of nitrogens with zero attached hydrogens (tertiary/aromatic N) is 2. The van der Waals surface area contributed by atoms with Crippen LogP contribution in [-0.4, -0.2) is 28.4 Å². The number of pyridine rings is 1. The van der Waals surface area contributed by atoms with E-state index in [1.807, 2.05) is 13.0 Å². The molecule has 88 valence electrons. The van der Waals surface area contributed by atoms with Crippen LogP contribution in [-0.2, 0) is 0 Å². The number of aliphatic hydroxyl groups excluding tert-OH is 1. The van der Waals surface area contributed by atoms with Crippen molar-refractivity contribution in [3.63, 3.8) is 0 Å². The fourth-order valence-corrected chi connectivity index (χ4v) is 2.22. The van der Waals surface area contributed by atoms with E-state index in [1.54, 1.807) is 6.07 Å². The first-order valence-corrected chi connectivity index (χ1v) is 5.78. The van der Waals surface area contributed by atoms with Gasteiger partial charge in [0.05, 0.1) is 11.7 Å². The van der Waals surface area contributed by atoms with E-state index in [9.17, 15) is 5.11 Å². The summed E-state index contributed by atoms with van der Waals surface area (Å²) in [5.74, 6) is 0.806. The van der Waals surface area contributed by atoms with Crippen LogP contribution in [0, 0.1) is 0 Å². The number of hydrogen-bond acceptors (Lipinski definition) is 4. The molecular formula is C11H16ClN3O. The lowest BCUT2D eigenvalue weighted by atomic mass is 10.1. The predicted molar refractivity (Wildman–Crippen MR) is 66.0 cm³/mol. The molecule has 0 amide bonds. The standard InChI is InChI=1S/C11H16ClN3O/c1-6(2)15-7(3)11(16)13-8-4-5-9(12)14-10(8)15/h4-7,11,13,16H,1-3H3. The van der Waals surface area contributed by atoms with Gasteiger partial charge in [0.15, 0.2) is 5.82 Å². The summed E-state index contributed by atoms with van der Waals surface area (Å²) in [6.45, 7) is 6.10. The molecule has 0 spiro atoms. The highest BCUT2D eigenvalue weighted by molar-refractivity contribution is 6.29. The minimum atomic E-state index is -0.585. The molecule has 2 heterocycles. The summed E-state index contributed by atoms with van der Waals surface area (Å²) in [6.07, 6.45) is -0.585. The van der Waals surface area contributed by atoms with Gasteiger partial charge < -0.3 is 15.3 Å². The van der Waals surface area contributed by atoms with Crippen molar-refractivity contribution in [2.75, 3.05) is 10.2 Å². The summed E-state index contributed by atoms with van der Waals surface area (Å²) in [5, 5.41) is 13.4. The van der Waals surface area contributed by atoms with Gasteiger partial charge >= 0.3 is 0 Å². The van der Waals surface area contributed by atoms with Gasteiger partial charge in [0.25, 0.3) is 0 Å². The van der Waals surface area contributed by atoms with Crippen LogP contribution >= 0.6 is 11.6 Å². The van der Waals surface area contributed by atoms with Crippen molar-refractivity contribution in [3.05, 3.63) is 17.3 Å². The zero-order chi connectivity index (χ0) is 11.9. The van der Waals surface area contributed by atoms with Crippen LogP contribution in [0.4, 0.5) is 11.5 Å². The van der Waals surface area contributed by atoms with Gasteiger partial charge in [0.2, 0.25) is 0 Å². The smallest absolute Gasteiger partial charge is 0.154 e. The number of nitrogens with one attached hydrogen (secondary N) is 1. The van der Waals surface area contributed by atoms with E-state index >= 15 is 0 Å². The number of hydrogen-bond donors (Lipinski definition) is 2. The second-order valence-electron chi connectivity index (χ2n) is 4.34. The average molecular weight is 242 g/mol. The lowest BCUT2D eigenvalue weighted by Gasteiger charge is -2.42. The van der Waals surface area contributed by atoms with E-state index in [0.717, 1.165) is 11.5 Å². The molecule has 2 N–H and O–H groups in total. The summed E-state index contributed by atoms with van der Waals surface area (Å²) in [4.78, 5) is 6.39. The van der Waals surface area contributed by atoms with Crippen LogP contribution < -0.4 is 10.2 Å². The van der Waals surface area contributed by atoms with Crippen molar-refractivity contribution >= 4 is 23.1 Å². The molecule has 0 saturated heterocycles. The van der Waals surface area contributed by atoms with E-state index in [4.69, 9.17) is 11.6 Å². The van der Waals surface area contributed by atoms with Crippen molar-refractivity contribution in [2.24, 2.45) is 0 Å². The van der Waals surface area contributed by atoms with Crippen LogP contribution in [0.1, 0.15) is 20.8 Å². The Balaban J connectivity index is 2.49. The Morgan fingerprint density at radius 1 is 1.50 bits per heavy atom. The second kappa shape index (κ2) is 4.11. The molecule has 0 fully saturated rings. The highest BCUT2D eigenvalue weighted by atomic mass is 35.5. The Hall–Kier alpha value is -1.00. The SMILES string of the molecule is CC(C)N1c2nc(Cl)ccc2NC(O)C1C. The molecule has 1 aromatic heterocycles. The summed E-state index contributed by atoms with van der Waals surface area (Å²) in [5.41, 5.74) is 0.823. The number of fused-ring (bicyclic) bond motifs is 1. The van der Waals surface area contributed by atoms with Crippen molar-refractivity contribution < 1.29 is 5.11 Å². The zero-order valence-corrected chi connectivity index (χ0v) is 10.4. The third-order valence-corrected chi connectivity index (χ3v) is 3.05. The predicted octanol–water partition coefficient (Wildman–Crippen LogP) is 2.08. The fourth-order valence-electron chi connectivity index (χ4n) is 2.07. The first kappa shape index (κ1) is 11.5. The number of aliphatic hydroxyl groups is 1. The molecule has 1 aromatic rings. The summed E-state index contributed by atoms with van der Waals surface area (Å²) < 4.78 is 0. The maximum Gasteiger partial charge on any atom is 0.154 e. The quantitative estimate of drug-likeness (QED) is 0.740. The summed E-state index contributed by atoms with van der Waals surface area (Å²) in [7, 11) is 0. The van der Waals surface area contributed by atoms with Gasteiger partial charge in [-0.15, -0.1) is 0 Å². The highest BCUT2D eigenvalue weighted by Crippen LogP contribution is 2.33. The lowest BCUT2D eigenvalue weighted by Crippen LogP contribution is -2.52. The maximum absolute atomic E-state index is 9.90. The molecule has 1 aliphatic heterocycles. The first-order chi connectivity index (χ1) is 7.50. The molecule has 0 aliphatic carbocycles. The van der Waals surface area contributed by atoms with Gasteiger partial charge in [-0.3, -0.25) is 0 Å². The molecule has 1 aliphatic rings. The molecule has 4 nitrogen and oxygen atoms in total. The average Bonchev–Trinajstić information content (AvgIpc) is 2.20. The van der Waals surface area contributed by atoms with Gasteiger partial charge in [-0.2, -0.15) is 0 Å². The zero-order valence-electron chi connectivity index (χ0n) is 9.61. The Morgan fingerprint density at radius 3 is 2.81 bits per heavy atom. The van der Waals surface area contributed by atoms with E-state index in [2.05, 4.69) is 29.0 Å². The van der Waals surface area contributed by atoms with E-state index in [-0.39, 0.29) is 12.1 Å². The molecule has 2 atom stereocenters. The van der Waals surface area contributed by atoms with E-state index in [1.165, 1.54) is 0 Å². The van der Waals surface area contributed by atoms with Crippen molar-refractivity contribution in [1.82, 2.24) is 4.98 Å². The fraction of sp³-hybridized carbons (Fsp3) is 0.545. The third kappa shape index (κ3) is 1.83. The largest absolute Gasteiger partial charge is 0.372 e. The topological polar surface area (TPSA) is 48.4 Å². The van der Waals surface area contributed by atoms with Crippen molar-refractivity contribution in [2.45, 2.75) is 39.1 Å². The van der Waals surface area contributed by atoms with Crippen LogP contribution in [0.5, 0.6) is 0 Å². The molecule has 0 bridgehead atoms. The Morgan fingerprint density at radius 2 is 2.19 bits per heavy atom. The van der Waals surface area contributed by atoms with Gasteiger partial charge in [-0.05, 0) is 32.9 Å². The molecule has 16 heavy (non-hydrogen) atoms. The third-order valence-electron chi connectivity index (χ3n) is 2.84. The van der Waals surface area contributed by atoms with Crippen molar-refractivity contribution in [3.8, 4) is 0 Å². The van der Waals surface area contributed by atoms with Crippen LogP contribution in [0.3, 0.4) is 0 Å². The number of rotatable bonds is 1. The van der Waals surface area contributed by atoms with Gasteiger partial charge in [-0.1, -0.05) is 11.6 Å². The summed E-state index contributed by atoms with van der Waals surface area (Å²) in [6, 6.07) is 3.79. The van der Waals surface area contributed by atoms with Gasteiger partial charge in [0.1, 0.15) is 11.4 Å². The van der Waals surface area contributed by atoms with Crippen molar-refractivity contribution in [1.29, 1.82) is 0 Å². The van der Waals surface area contributed by atoms with Crippen LogP contribution in [0.2, 0.25) is 5.15 Å². The molecule has 0 radical (unpaired) electrons. The summed E-state index contributed by atoms with van der Waals surface area (Å²) >= 11 is 5.90. The molecule has 2 unspecified atom stereocenters.